The van der Waals surface area contributed by atoms with Crippen LogP contribution in [0.4, 0.5) is 0 Å². The van der Waals surface area contributed by atoms with Gasteiger partial charge in [0, 0.05) is 19.7 Å². The van der Waals surface area contributed by atoms with Crippen LogP contribution in [0.3, 0.4) is 0 Å². The summed E-state index contributed by atoms with van der Waals surface area (Å²) < 4.78 is 12.1. The Hall–Kier alpha value is -3.72. The van der Waals surface area contributed by atoms with Gasteiger partial charge in [-0.25, -0.2) is 14.8 Å². The lowest BCUT2D eigenvalue weighted by Crippen LogP contribution is -2.28. The summed E-state index contributed by atoms with van der Waals surface area (Å²) in [6, 6.07) is 9.50. The molecule has 0 saturated carbocycles. The molecule has 9 heteroatoms. The Morgan fingerprint density at radius 1 is 1.24 bits per heavy atom. The molecule has 1 aromatic carbocycles. The van der Waals surface area contributed by atoms with E-state index in [1.54, 1.807) is 11.3 Å². The lowest BCUT2D eigenvalue weighted by molar-refractivity contribution is -0.142. The van der Waals surface area contributed by atoms with Crippen LogP contribution >= 0.6 is 0 Å². The molecular formula is C20H18N4O5. The molecule has 4 rings (SSSR count). The second kappa shape index (κ2) is 7.72. The van der Waals surface area contributed by atoms with Gasteiger partial charge < -0.3 is 19.6 Å². The van der Waals surface area contributed by atoms with Crippen molar-refractivity contribution < 1.29 is 23.8 Å². The Morgan fingerprint density at radius 3 is 2.90 bits per heavy atom. The third-order valence-electron chi connectivity index (χ3n) is 4.32. The van der Waals surface area contributed by atoms with Crippen LogP contribution in [-0.4, -0.2) is 51.1 Å². The summed E-state index contributed by atoms with van der Waals surface area (Å²) >= 11 is 0. The van der Waals surface area contributed by atoms with Crippen LogP contribution < -0.4 is 5.32 Å². The highest BCUT2D eigenvalue weighted by Gasteiger charge is 2.13. The average molecular weight is 394 g/mol. The van der Waals surface area contributed by atoms with Crippen molar-refractivity contribution in [1.82, 2.24) is 19.7 Å². The number of ether oxygens (including phenoxy) is 1. The zero-order chi connectivity index (χ0) is 20.4. The van der Waals surface area contributed by atoms with Gasteiger partial charge in [0.1, 0.15) is 23.5 Å². The summed E-state index contributed by atoms with van der Waals surface area (Å²) in [5.74, 6) is -0.769. The molecule has 3 heterocycles. The van der Waals surface area contributed by atoms with E-state index in [4.69, 9.17) is 14.3 Å². The lowest BCUT2D eigenvalue weighted by atomic mass is 10.1. The minimum absolute atomic E-state index is 0.108. The second-order valence-corrected chi connectivity index (χ2v) is 6.41. The smallest absolute Gasteiger partial charge is 0.329 e. The van der Waals surface area contributed by atoms with Crippen LogP contribution in [0.5, 0.6) is 0 Å². The van der Waals surface area contributed by atoms with Crippen molar-refractivity contribution in [2.24, 2.45) is 0 Å². The first-order chi connectivity index (χ1) is 14.0. The van der Waals surface area contributed by atoms with E-state index in [1.165, 1.54) is 6.20 Å². The molecule has 2 N–H and O–H groups in total. The number of nitrogens with one attached hydrogen (secondary N) is 1. The molecule has 3 aromatic heterocycles. The third-order valence-corrected chi connectivity index (χ3v) is 4.32. The third kappa shape index (κ3) is 3.94. The quantitative estimate of drug-likeness (QED) is 0.462. The molecule has 0 aliphatic rings. The molecule has 9 nitrogen and oxygen atoms in total. The zero-order valence-electron chi connectivity index (χ0n) is 15.6. The minimum atomic E-state index is -1.05. The Bertz CT molecular complexity index is 1210. The van der Waals surface area contributed by atoms with Crippen LogP contribution in [0.2, 0.25) is 0 Å². The summed E-state index contributed by atoms with van der Waals surface area (Å²) in [5.41, 5.74) is 4.34. The number of imidazole rings is 1. The molecule has 0 fully saturated rings. The molecule has 4 aromatic rings. The predicted octanol–water partition coefficient (Wildman–Crippen LogP) is 2.28. The molecular weight excluding hydrogens is 376 g/mol. The van der Waals surface area contributed by atoms with Crippen LogP contribution in [0.1, 0.15) is 16.4 Å². The summed E-state index contributed by atoms with van der Waals surface area (Å²) in [7, 11) is 0. The molecule has 0 aliphatic heterocycles. The van der Waals surface area contributed by atoms with E-state index in [-0.39, 0.29) is 19.1 Å². The number of pyridine rings is 1. The van der Waals surface area contributed by atoms with Gasteiger partial charge in [0.2, 0.25) is 0 Å². The predicted molar refractivity (Wildman–Crippen MR) is 104 cm³/mol. The number of hydrogen-bond acceptors (Lipinski definition) is 6. The first-order valence-electron chi connectivity index (χ1n) is 8.94. The van der Waals surface area contributed by atoms with Crippen LogP contribution in [0.25, 0.3) is 27.9 Å². The van der Waals surface area contributed by atoms with Crippen molar-refractivity contribution >= 4 is 28.6 Å². The van der Waals surface area contributed by atoms with Gasteiger partial charge in [0.05, 0.1) is 12.8 Å². The summed E-state index contributed by atoms with van der Waals surface area (Å²) in [5, 5.41) is 11.2. The van der Waals surface area contributed by atoms with E-state index in [0.29, 0.717) is 17.2 Å². The largest absolute Gasteiger partial charge is 0.480 e. The first-order valence-corrected chi connectivity index (χ1v) is 8.94. The van der Waals surface area contributed by atoms with Gasteiger partial charge in [-0.2, -0.15) is 0 Å². The summed E-state index contributed by atoms with van der Waals surface area (Å²) in [4.78, 5) is 31.5. The molecule has 0 unspecified atom stereocenters. The number of benzene rings is 1. The Kier molecular flexibility index (Phi) is 4.96. The standard InChI is InChI=1S/C20H18N4O5/c1-12-23-15-8-13(2-4-17(15)29-12)14-3-5-18-22-9-16(24(18)10-14)20(27)21-6-7-28-11-19(25)26/h2-5,8-10H,6-7,11H2,1H3,(H,21,27)(H,25,26). The van der Waals surface area contributed by atoms with E-state index in [1.807, 2.05) is 36.5 Å². The van der Waals surface area contributed by atoms with Crippen molar-refractivity contribution in [3.8, 4) is 11.1 Å². The van der Waals surface area contributed by atoms with Gasteiger partial charge in [-0.05, 0) is 35.4 Å². The van der Waals surface area contributed by atoms with Crippen molar-refractivity contribution in [2.45, 2.75) is 6.92 Å². The maximum atomic E-state index is 12.5. The molecule has 29 heavy (non-hydrogen) atoms. The van der Waals surface area contributed by atoms with Crippen LogP contribution in [0.15, 0.2) is 47.1 Å². The minimum Gasteiger partial charge on any atom is -0.480 e. The number of fused-ring (bicyclic) bond motifs is 2. The zero-order valence-corrected chi connectivity index (χ0v) is 15.6. The van der Waals surface area contributed by atoms with Crippen molar-refractivity contribution in [2.75, 3.05) is 19.8 Å². The fraction of sp³-hybridized carbons (Fsp3) is 0.200. The number of amides is 1. The molecule has 0 saturated heterocycles. The fourth-order valence-electron chi connectivity index (χ4n) is 3.03. The number of carbonyl (C=O) groups excluding carboxylic acids is 1. The Morgan fingerprint density at radius 2 is 2.07 bits per heavy atom. The normalized spacial score (nSPS) is 11.2. The highest BCUT2D eigenvalue weighted by Crippen LogP contribution is 2.25. The van der Waals surface area contributed by atoms with E-state index in [0.717, 1.165) is 22.2 Å². The summed E-state index contributed by atoms with van der Waals surface area (Å²) in [6.45, 7) is 1.71. The van der Waals surface area contributed by atoms with Crippen molar-refractivity contribution in [1.29, 1.82) is 0 Å². The molecule has 148 valence electrons. The number of aliphatic carboxylic acids is 1. The van der Waals surface area contributed by atoms with Gasteiger partial charge in [-0.15, -0.1) is 0 Å². The SMILES string of the molecule is Cc1nc2cc(-c3ccc4ncc(C(=O)NCCOCC(=O)O)n4c3)ccc2o1. The van der Waals surface area contributed by atoms with E-state index < -0.39 is 12.6 Å². The van der Waals surface area contributed by atoms with Crippen molar-refractivity contribution in [3.63, 3.8) is 0 Å². The van der Waals surface area contributed by atoms with Gasteiger partial charge in [0.15, 0.2) is 11.5 Å². The maximum absolute atomic E-state index is 12.5. The van der Waals surface area contributed by atoms with E-state index >= 15 is 0 Å². The van der Waals surface area contributed by atoms with Crippen LogP contribution in [0, 0.1) is 6.92 Å². The number of carbonyl (C=O) groups is 2. The number of oxazole rings is 1. The number of carboxylic acid groups (broad SMARTS) is 1. The second-order valence-electron chi connectivity index (χ2n) is 6.41. The van der Waals surface area contributed by atoms with E-state index in [2.05, 4.69) is 15.3 Å². The first kappa shape index (κ1) is 18.6. The Balaban J connectivity index is 1.55. The molecule has 0 spiro atoms. The molecule has 1 amide bonds. The van der Waals surface area contributed by atoms with Crippen molar-refractivity contribution in [3.05, 3.63) is 54.3 Å². The maximum Gasteiger partial charge on any atom is 0.329 e. The average Bonchev–Trinajstić information content (AvgIpc) is 3.28. The number of rotatable bonds is 7. The molecule has 0 radical (unpaired) electrons. The van der Waals surface area contributed by atoms with Gasteiger partial charge >= 0.3 is 5.97 Å². The number of aromatic nitrogens is 3. The van der Waals surface area contributed by atoms with E-state index in [9.17, 15) is 9.59 Å². The number of carboxylic acids is 1. The fourth-order valence-corrected chi connectivity index (χ4v) is 3.03. The summed E-state index contributed by atoms with van der Waals surface area (Å²) in [6.07, 6.45) is 3.34. The van der Waals surface area contributed by atoms with Gasteiger partial charge in [-0.3, -0.25) is 9.20 Å². The number of nitrogens with zero attached hydrogens (tertiary/aromatic N) is 3. The topological polar surface area (TPSA) is 119 Å². The van der Waals surface area contributed by atoms with Gasteiger partial charge in [0.25, 0.3) is 5.91 Å². The highest BCUT2D eigenvalue weighted by atomic mass is 16.5. The number of aryl methyl sites for hydroxylation is 1. The highest BCUT2D eigenvalue weighted by molar-refractivity contribution is 5.93. The Labute approximate surface area is 164 Å². The molecule has 0 aliphatic carbocycles. The molecule has 0 atom stereocenters. The monoisotopic (exact) mass is 394 g/mol. The van der Waals surface area contributed by atoms with Gasteiger partial charge in [-0.1, -0.05) is 6.07 Å². The molecule has 0 bridgehead atoms. The van der Waals surface area contributed by atoms with Crippen LogP contribution in [-0.2, 0) is 9.53 Å². The lowest BCUT2D eigenvalue weighted by Gasteiger charge is -2.07. The number of hydrogen-bond donors (Lipinski definition) is 2.